The second kappa shape index (κ2) is 16.7. The first kappa shape index (κ1) is 17.7. The van der Waals surface area contributed by atoms with Crippen molar-refractivity contribution in [3.8, 4) is 0 Å². The highest BCUT2D eigenvalue weighted by atomic mass is 14.5. The molecule has 0 radical (unpaired) electrons. The summed E-state index contributed by atoms with van der Waals surface area (Å²) in [6.45, 7) is 3.14. The van der Waals surface area contributed by atoms with Crippen LogP contribution in [0.2, 0.25) is 0 Å². The molecular formula is C17H35N. The first-order valence-corrected chi connectivity index (χ1v) is 8.27. The molecule has 1 nitrogen and oxygen atoms in total. The van der Waals surface area contributed by atoms with Crippen molar-refractivity contribution >= 4 is 0 Å². The van der Waals surface area contributed by atoms with E-state index in [1.54, 1.807) is 0 Å². The molecule has 0 saturated heterocycles. The van der Waals surface area contributed by atoms with Gasteiger partial charge < -0.3 is 5.73 Å². The average Bonchev–Trinajstić information content (AvgIpc) is 2.39. The Bertz CT molecular complexity index is 163. The number of nitrogens with two attached hydrogens (primary N) is 1. The molecule has 18 heavy (non-hydrogen) atoms. The molecule has 0 aromatic heterocycles. The summed E-state index contributed by atoms with van der Waals surface area (Å²) < 4.78 is 0. The zero-order chi connectivity index (χ0) is 13.3. The molecule has 0 saturated carbocycles. The third-order valence-electron chi connectivity index (χ3n) is 3.47. The Morgan fingerprint density at radius 1 is 0.611 bits per heavy atom. The molecule has 108 valence electrons. The van der Waals surface area contributed by atoms with Crippen LogP contribution in [0.3, 0.4) is 0 Å². The Morgan fingerprint density at radius 2 is 1.06 bits per heavy atom. The fourth-order valence-corrected chi connectivity index (χ4v) is 2.22. The predicted octanol–water partition coefficient (Wildman–Crippen LogP) is 5.59. The highest BCUT2D eigenvalue weighted by molar-refractivity contribution is 4.81. The SMILES string of the molecule is CCCCCCC/C=C/CCCCCCCCN. The fraction of sp³-hybridized carbons (Fsp3) is 0.882. The molecule has 0 heterocycles. The van der Waals surface area contributed by atoms with Gasteiger partial charge in [0.15, 0.2) is 0 Å². The van der Waals surface area contributed by atoms with Gasteiger partial charge in [-0.25, -0.2) is 0 Å². The molecule has 0 bridgehead atoms. The first-order valence-electron chi connectivity index (χ1n) is 8.27. The summed E-state index contributed by atoms with van der Waals surface area (Å²) in [6, 6.07) is 0. The summed E-state index contributed by atoms with van der Waals surface area (Å²) in [4.78, 5) is 0. The van der Waals surface area contributed by atoms with E-state index in [9.17, 15) is 0 Å². The maximum atomic E-state index is 5.47. The molecule has 0 aliphatic rings. The molecule has 0 aromatic carbocycles. The van der Waals surface area contributed by atoms with Gasteiger partial charge in [0.2, 0.25) is 0 Å². The van der Waals surface area contributed by atoms with E-state index < -0.39 is 0 Å². The summed E-state index contributed by atoms with van der Waals surface area (Å²) in [5, 5.41) is 0. The van der Waals surface area contributed by atoms with Crippen LogP contribution in [0, 0.1) is 0 Å². The normalized spacial score (nSPS) is 11.4. The van der Waals surface area contributed by atoms with Gasteiger partial charge in [0.25, 0.3) is 0 Å². The lowest BCUT2D eigenvalue weighted by Crippen LogP contribution is -1.97. The highest BCUT2D eigenvalue weighted by Gasteiger charge is 1.89. The van der Waals surface area contributed by atoms with E-state index in [1.807, 2.05) is 0 Å². The lowest BCUT2D eigenvalue weighted by Gasteiger charge is -1.99. The first-order chi connectivity index (χ1) is 8.91. The van der Waals surface area contributed by atoms with Gasteiger partial charge in [-0.2, -0.15) is 0 Å². The van der Waals surface area contributed by atoms with E-state index in [0.717, 1.165) is 6.54 Å². The van der Waals surface area contributed by atoms with Crippen molar-refractivity contribution < 1.29 is 0 Å². The molecule has 0 aliphatic heterocycles. The minimum atomic E-state index is 0.862. The van der Waals surface area contributed by atoms with Gasteiger partial charge in [0.1, 0.15) is 0 Å². The molecule has 0 aromatic rings. The van der Waals surface area contributed by atoms with Crippen LogP contribution >= 0.6 is 0 Å². The van der Waals surface area contributed by atoms with Crippen molar-refractivity contribution in [2.45, 2.75) is 90.4 Å². The number of unbranched alkanes of at least 4 members (excludes halogenated alkanes) is 11. The van der Waals surface area contributed by atoms with E-state index in [-0.39, 0.29) is 0 Å². The fourth-order valence-electron chi connectivity index (χ4n) is 2.22. The van der Waals surface area contributed by atoms with Gasteiger partial charge >= 0.3 is 0 Å². The second-order valence-corrected chi connectivity index (χ2v) is 5.37. The Balaban J connectivity index is 3.00. The van der Waals surface area contributed by atoms with Gasteiger partial charge in [-0.05, 0) is 38.6 Å². The predicted molar refractivity (Wildman–Crippen MR) is 83.9 cm³/mol. The van der Waals surface area contributed by atoms with Crippen molar-refractivity contribution in [2.75, 3.05) is 6.54 Å². The molecule has 2 N–H and O–H groups in total. The van der Waals surface area contributed by atoms with Crippen molar-refractivity contribution in [2.24, 2.45) is 5.73 Å². The second-order valence-electron chi connectivity index (χ2n) is 5.37. The van der Waals surface area contributed by atoms with Crippen LogP contribution in [0.5, 0.6) is 0 Å². The lowest BCUT2D eigenvalue weighted by molar-refractivity contribution is 0.600. The molecule has 0 atom stereocenters. The third kappa shape index (κ3) is 15.7. The maximum Gasteiger partial charge on any atom is -0.00773 e. The van der Waals surface area contributed by atoms with Crippen LogP contribution in [-0.2, 0) is 0 Å². The summed E-state index contributed by atoms with van der Waals surface area (Å²) >= 11 is 0. The Kier molecular flexibility index (Phi) is 16.4. The topological polar surface area (TPSA) is 26.0 Å². The van der Waals surface area contributed by atoms with Gasteiger partial charge in [-0.15, -0.1) is 0 Å². The maximum absolute atomic E-state index is 5.47. The van der Waals surface area contributed by atoms with Crippen LogP contribution < -0.4 is 5.73 Å². The Labute approximate surface area is 115 Å². The van der Waals surface area contributed by atoms with E-state index in [4.69, 9.17) is 5.73 Å². The monoisotopic (exact) mass is 253 g/mol. The largest absolute Gasteiger partial charge is 0.330 e. The minimum Gasteiger partial charge on any atom is -0.330 e. The van der Waals surface area contributed by atoms with Crippen LogP contribution in [0.15, 0.2) is 12.2 Å². The lowest BCUT2D eigenvalue weighted by atomic mass is 10.1. The number of hydrogen-bond acceptors (Lipinski definition) is 1. The average molecular weight is 253 g/mol. The minimum absolute atomic E-state index is 0.862. The van der Waals surface area contributed by atoms with Crippen molar-refractivity contribution in [3.05, 3.63) is 12.2 Å². The zero-order valence-corrected chi connectivity index (χ0v) is 12.6. The molecule has 0 amide bonds. The highest BCUT2D eigenvalue weighted by Crippen LogP contribution is 2.08. The van der Waals surface area contributed by atoms with E-state index in [0.29, 0.717) is 0 Å². The number of allylic oxidation sites excluding steroid dienone is 2. The number of hydrogen-bond donors (Lipinski definition) is 1. The van der Waals surface area contributed by atoms with Crippen LogP contribution in [0.4, 0.5) is 0 Å². The molecule has 1 heteroatoms. The van der Waals surface area contributed by atoms with E-state index >= 15 is 0 Å². The van der Waals surface area contributed by atoms with Gasteiger partial charge in [0, 0.05) is 0 Å². The standard InChI is InChI=1S/C17H35N/c1-2-3-4-5-6-7-8-9-10-11-12-13-14-15-16-17-18/h8-9H,2-7,10-18H2,1H3/b9-8+. The Hall–Kier alpha value is -0.300. The van der Waals surface area contributed by atoms with E-state index in [1.165, 1.54) is 83.5 Å². The molecule has 0 aliphatic carbocycles. The quantitative estimate of drug-likeness (QED) is 0.317. The molecule has 0 unspecified atom stereocenters. The zero-order valence-electron chi connectivity index (χ0n) is 12.6. The summed E-state index contributed by atoms with van der Waals surface area (Å²) in [5.74, 6) is 0. The van der Waals surface area contributed by atoms with Crippen LogP contribution in [0.1, 0.15) is 90.4 Å². The van der Waals surface area contributed by atoms with Gasteiger partial charge in [-0.1, -0.05) is 70.4 Å². The molecular weight excluding hydrogens is 218 g/mol. The molecule has 0 rings (SSSR count). The molecule has 0 fully saturated rings. The van der Waals surface area contributed by atoms with Gasteiger partial charge in [0.05, 0.1) is 0 Å². The molecule has 0 spiro atoms. The Morgan fingerprint density at radius 3 is 1.56 bits per heavy atom. The van der Waals surface area contributed by atoms with Crippen LogP contribution in [-0.4, -0.2) is 6.54 Å². The van der Waals surface area contributed by atoms with Crippen LogP contribution in [0.25, 0.3) is 0 Å². The van der Waals surface area contributed by atoms with E-state index in [2.05, 4.69) is 19.1 Å². The summed E-state index contributed by atoms with van der Waals surface area (Å²) in [7, 11) is 0. The van der Waals surface area contributed by atoms with Gasteiger partial charge in [-0.3, -0.25) is 0 Å². The number of rotatable bonds is 14. The van der Waals surface area contributed by atoms with Crippen molar-refractivity contribution in [1.29, 1.82) is 0 Å². The smallest absolute Gasteiger partial charge is 0.00773 e. The van der Waals surface area contributed by atoms with Crippen molar-refractivity contribution in [3.63, 3.8) is 0 Å². The summed E-state index contributed by atoms with van der Waals surface area (Å²) in [6.07, 6.45) is 22.4. The third-order valence-corrected chi connectivity index (χ3v) is 3.47. The summed E-state index contributed by atoms with van der Waals surface area (Å²) in [5.41, 5.74) is 5.47. The van der Waals surface area contributed by atoms with Crippen molar-refractivity contribution in [1.82, 2.24) is 0 Å².